The fraction of sp³-hybridized carbons (Fsp3) is 0.267. The molecular formula is C15H16N2O5. The Morgan fingerprint density at radius 3 is 2.68 bits per heavy atom. The quantitative estimate of drug-likeness (QED) is 0.831. The summed E-state index contributed by atoms with van der Waals surface area (Å²) in [4.78, 5) is 34.1. The first kappa shape index (κ1) is 15.6. The van der Waals surface area contributed by atoms with Crippen LogP contribution in [0.15, 0.2) is 27.0 Å². The first-order valence-electron chi connectivity index (χ1n) is 6.68. The molecule has 2 rings (SSSR count). The molecule has 0 aliphatic heterocycles. The van der Waals surface area contributed by atoms with Crippen LogP contribution in [-0.2, 0) is 16.6 Å². The zero-order valence-corrected chi connectivity index (χ0v) is 12.5. The van der Waals surface area contributed by atoms with Crippen LogP contribution in [0, 0.1) is 6.92 Å². The number of rotatable bonds is 4. The van der Waals surface area contributed by atoms with Gasteiger partial charge in [0.05, 0.1) is 5.52 Å². The van der Waals surface area contributed by atoms with E-state index in [1.807, 2.05) is 0 Å². The number of carbonyl (C=O) groups is 2. The Morgan fingerprint density at radius 1 is 1.41 bits per heavy atom. The van der Waals surface area contributed by atoms with E-state index in [1.165, 1.54) is 10.6 Å². The number of aliphatic carboxylic acids is 1. The smallest absolute Gasteiger partial charge is 0.419 e. The molecule has 0 radical (unpaired) electrons. The highest BCUT2D eigenvalue weighted by Gasteiger charge is 2.13. The monoisotopic (exact) mass is 304 g/mol. The average molecular weight is 304 g/mol. The average Bonchev–Trinajstić information content (AvgIpc) is 2.73. The molecule has 2 aromatic rings. The molecule has 0 atom stereocenters. The normalized spacial score (nSPS) is 11.7. The van der Waals surface area contributed by atoms with Crippen molar-refractivity contribution in [1.82, 2.24) is 9.88 Å². The van der Waals surface area contributed by atoms with Crippen LogP contribution in [0.25, 0.3) is 17.2 Å². The van der Waals surface area contributed by atoms with Crippen molar-refractivity contribution in [3.63, 3.8) is 0 Å². The second-order valence-electron chi connectivity index (χ2n) is 4.88. The predicted octanol–water partition coefficient (Wildman–Crippen LogP) is 1.39. The first-order valence-corrected chi connectivity index (χ1v) is 6.68. The molecule has 0 fully saturated rings. The highest BCUT2D eigenvalue weighted by Crippen LogP contribution is 2.20. The van der Waals surface area contributed by atoms with E-state index in [0.717, 1.165) is 5.56 Å². The van der Waals surface area contributed by atoms with Crippen LogP contribution >= 0.6 is 0 Å². The number of aromatic nitrogens is 1. The summed E-state index contributed by atoms with van der Waals surface area (Å²) < 4.78 is 6.49. The van der Waals surface area contributed by atoms with Crippen LogP contribution < -0.4 is 11.1 Å². The number of carboxylic acid groups (broad SMARTS) is 1. The van der Waals surface area contributed by atoms with Gasteiger partial charge in [0.2, 0.25) is 5.91 Å². The Kier molecular flexibility index (Phi) is 4.16. The zero-order chi connectivity index (χ0) is 16.4. The molecule has 0 unspecified atom stereocenters. The van der Waals surface area contributed by atoms with E-state index in [9.17, 15) is 14.4 Å². The Balaban J connectivity index is 2.53. The van der Waals surface area contributed by atoms with Crippen LogP contribution in [0.5, 0.6) is 0 Å². The molecule has 116 valence electrons. The molecule has 1 aromatic heterocycles. The molecule has 1 amide bonds. The fourth-order valence-electron chi connectivity index (χ4n) is 2.18. The molecule has 2 N–H and O–H groups in total. The number of hydrogen-bond donors (Lipinski definition) is 2. The van der Waals surface area contributed by atoms with Crippen molar-refractivity contribution in [2.75, 3.05) is 0 Å². The van der Waals surface area contributed by atoms with Gasteiger partial charge >= 0.3 is 11.7 Å². The lowest BCUT2D eigenvalue weighted by Gasteiger charge is -2.05. The number of carbonyl (C=O) groups excluding carboxylic acids is 1. The van der Waals surface area contributed by atoms with Gasteiger partial charge in [-0.05, 0) is 36.3 Å². The van der Waals surface area contributed by atoms with E-state index < -0.39 is 17.6 Å². The summed E-state index contributed by atoms with van der Waals surface area (Å²) in [5, 5.41) is 11.5. The van der Waals surface area contributed by atoms with Gasteiger partial charge in [0.25, 0.3) is 0 Å². The fourth-order valence-corrected chi connectivity index (χ4v) is 2.18. The Hall–Kier alpha value is -2.83. The SMILES string of the molecule is CCC(=O)NC(=Cc1cc(C)c2c(c1)oc(=O)n2C)C(=O)O. The van der Waals surface area contributed by atoms with E-state index >= 15 is 0 Å². The lowest BCUT2D eigenvalue weighted by molar-refractivity contribution is -0.134. The summed E-state index contributed by atoms with van der Waals surface area (Å²) in [6.45, 7) is 3.42. The van der Waals surface area contributed by atoms with Crippen molar-refractivity contribution in [1.29, 1.82) is 0 Å². The van der Waals surface area contributed by atoms with Crippen molar-refractivity contribution in [3.8, 4) is 0 Å². The lowest BCUT2D eigenvalue weighted by atomic mass is 10.1. The molecular weight excluding hydrogens is 288 g/mol. The highest BCUT2D eigenvalue weighted by atomic mass is 16.4. The lowest BCUT2D eigenvalue weighted by Crippen LogP contribution is -2.26. The van der Waals surface area contributed by atoms with E-state index in [2.05, 4.69) is 5.32 Å². The summed E-state index contributed by atoms with van der Waals surface area (Å²) in [6.07, 6.45) is 1.51. The van der Waals surface area contributed by atoms with Gasteiger partial charge in [0.1, 0.15) is 5.70 Å². The summed E-state index contributed by atoms with van der Waals surface area (Å²) in [5.74, 6) is -2.12. The minimum absolute atomic E-state index is 0.177. The minimum Gasteiger partial charge on any atom is -0.477 e. The zero-order valence-electron chi connectivity index (χ0n) is 12.5. The number of benzene rings is 1. The molecule has 1 heterocycles. The largest absolute Gasteiger partial charge is 0.477 e. The van der Waals surface area contributed by atoms with Crippen molar-refractivity contribution in [2.24, 2.45) is 7.05 Å². The van der Waals surface area contributed by atoms with Gasteiger partial charge in [-0.3, -0.25) is 9.36 Å². The maximum Gasteiger partial charge on any atom is 0.419 e. The van der Waals surface area contributed by atoms with Crippen LogP contribution in [0.3, 0.4) is 0 Å². The maximum atomic E-state index is 11.5. The second kappa shape index (κ2) is 5.88. The number of nitrogens with zero attached hydrogens (tertiary/aromatic N) is 1. The molecule has 22 heavy (non-hydrogen) atoms. The van der Waals surface area contributed by atoms with Gasteiger partial charge < -0.3 is 14.8 Å². The van der Waals surface area contributed by atoms with Gasteiger partial charge in [-0.1, -0.05) is 6.92 Å². The molecule has 0 saturated heterocycles. The van der Waals surface area contributed by atoms with Crippen LogP contribution in [-0.4, -0.2) is 21.6 Å². The number of oxazole rings is 1. The number of aryl methyl sites for hydroxylation is 2. The van der Waals surface area contributed by atoms with Crippen molar-refractivity contribution in [2.45, 2.75) is 20.3 Å². The van der Waals surface area contributed by atoms with Crippen molar-refractivity contribution >= 4 is 29.1 Å². The van der Waals surface area contributed by atoms with E-state index in [1.54, 1.807) is 33.0 Å². The highest BCUT2D eigenvalue weighted by molar-refractivity contribution is 5.97. The Bertz CT molecular complexity index is 841. The van der Waals surface area contributed by atoms with Crippen molar-refractivity contribution < 1.29 is 19.1 Å². The van der Waals surface area contributed by atoms with Crippen molar-refractivity contribution in [3.05, 3.63) is 39.5 Å². The molecule has 0 aliphatic rings. The van der Waals surface area contributed by atoms with E-state index in [-0.39, 0.29) is 12.1 Å². The molecule has 0 bridgehead atoms. The predicted molar refractivity (Wildman–Crippen MR) is 80.2 cm³/mol. The maximum absolute atomic E-state index is 11.5. The number of hydrogen-bond acceptors (Lipinski definition) is 4. The van der Waals surface area contributed by atoms with E-state index in [0.29, 0.717) is 16.7 Å². The van der Waals surface area contributed by atoms with Gasteiger partial charge in [0.15, 0.2) is 5.58 Å². The van der Waals surface area contributed by atoms with Crippen LogP contribution in [0.4, 0.5) is 0 Å². The number of amides is 1. The molecule has 0 spiro atoms. The molecule has 7 nitrogen and oxygen atoms in total. The third kappa shape index (κ3) is 2.93. The summed E-state index contributed by atoms with van der Waals surface area (Å²) in [6, 6.07) is 3.28. The van der Waals surface area contributed by atoms with Gasteiger partial charge in [0, 0.05) is 13.5 Å². The Morgan fingerprint density at radius 2 is 2.09 bits per heavy atom. The van der Waals surface area contributed by atoms with Crippen LogP contribution in [0.2, 0.25) is 0 Å². The third-order valence-electron chi connectivity index (χ3n) is 3.23. The second-order valence-corrected chi connectivity index (χ2v) is 4.88. The summed E-state index contributed by atoms with van der Waals surface area (Å²) >= 11 is 0. The molecule has 0 aliphatic carbocycles. The van der Waals surface area contributed by atoms with Crippen LogP contribution in [0.1, 0.15) is 24.5 Å². The Labute approximate surface area is 125 Å². The minimum atomic E-state index is -1.24. The van der Waals surface area contributed by atoms with Gasteiger partial charge in [-0.2, -0.15) is 0 Å². The summed E-state index contributed by atoms with van der Waals surface area (Å²) in [5.41, 5.74) is 2.07. The standard InChI is InChI=1S/C15H16N2O5/c1-4-12(18)16-10(14(19)20)6-9-5-8(2)13-11(7-9)22-15(21)17(13)3/h5-7H,4H2,1-3H3,(H,16,18)(H,19,20). The number of carboxylic acids is 1. The molecule has 1 aromatic carbocycles. The number of fused-ring (bicyclic) bond motifs is 1. The molecule has 7 heteroatoms. The van der Waals surface area contributed by atoms with E-state index in [4.69, 9.17) is 9.52 Å². The first-order chi connectivity index (χ1) is 10.3. The summed E-state index contributed by atoms with van der Waals surface area (Å²) in [7, 11) is 1.60. The van der Waals surface area contributed by atoms with Gasteiger partial charge in [-0.15, -0.1) is 0 Å². The van der Waals surface area contributed by atoms with Gasteiger partial charge in [-0.25, -0.2) is 9.59 Å². The number of nitrogens with one attached hydrogen (secondary N) is 1. The third-order valence-corrected chi connectivity index (χ3v) is 3.23. The topological polar surface area (TPSA) is 102 Å². The molecule has 0 saturated carbocycles.